The first-order valence-corrected chi connectivity index (χ1v) is 5.21. The summed E-state index contributed by atoms with van der Waals surface area (Å²) in [6, 6.07) is 3.12. The van der Waals surface area contributed by atoms with Gasteiger partial charge in [0, 0.05) is 12.7 Å². The molecule has 1 aromatic heterocycles. The van der Waals surface area contributed by atoms with Gasteiger partial charge in [-0.25, -0.2) is 4.79 Å². The molecule has 0 saturated carbocycles. The van der Waals surface area contributed by atoms with Gasteiger partial charge in [0.2, 0.25) is 5.91 Å². The fourth-order valence-electron chi connectivity index (χ4n) is 1.37. The molecule has 0 spiro atoms. The van der Waals surface area contributed by atoms with E-state index in [2.05, 4.69) is 4.98 Å². The van der Waals surface area contributed by atoms with Gasteiger partial charge in [0.1, 0.15) is 0 Å². The second kappa shape index (κ2) is 5.95. The molecular weight excluding hydrogens is 222 g/mol. The average Bonchev–Trinajstić information content (AvgIpc) is 2.28. The highest BCUT2D eigenvalue weighted by Crippen LogP contribution is 2.03. The summed E-state index contributed by atoms with van der Waals surface area (Å²) in [5, 5.41) is 8.71. The summed E-state index contributed by atoms with van der Waals surface area (Å²) < 4.78 is 0. The number of carboxylic acid groups (broad SMARTS) is 1. The molecule has 0 aliphatic heterocycles. The lowest BCUT2D eigenvalue weighted by atomic mass is 10.2. The molecule has 0 aliphatic rings. The molecule has 0 radical (unpaired) electrons. The summed E-state index contributed by atoms with van der Waals surface area (Å²) in [5.74, 6) is -1.40. The van der Waals surface area contributed by atoms with Gasteiger partial charge in [-0.05, 0) is 18.7 Å². The minimum absolute atomic E-state index is 0.145. The van der Waals surface area contributed by atoms with Crippen molar-refractivity contribution < 1.29 is 14.7 Å². The first-order valence-electron chi connectivity index (χ1n) is 5.21. The van der Waals surface area contributed by atoms with Crippen LogP contribution in [0, 0.1) is 0 Å². The van der Waals surface area contributed by atoms with Gasteiger partial charge in [-0.2, -0.15) is 0 Å². The Morgan fingerprint density at radius 2 is 2.18 bits per heavy atom. The van der Waals surface area contributed by atoms with Crippen LogP contribution in [0.5, 0.6) is 0 Å². The number of carbonyl (C=O) groups excluding carboxylic acids is 1. The van der Waals surface area contributed by atoms with E-state index in [1.54, 1.807) is 6.07 Å². The molecule has 17 heavy (non-hydrogen) atoms. The van der Waals surface area contributed by atoms with Crippen molar-refractivity contribution >= 4 is 11.9 Å². The number of rotatable bonds is 6. The lowest BCUT2D eigenvalue weighted by Gasteiger charge is -2.17. The largest absolute Gasteiger partial charge is 0.478 e. The summed E-state index contributed by atoms with van der Waals surface area (Å²) in [5.41, 5.74) is 5.96. The van der Waals surface area contributed by atoms with E-state index < -0.39 is 11.9 Å². The zero-order valence-corrected chi connectivity index (χ0v) is 9.59. The SMILES string of the molecule is CCN(CC(N)=O)Cc1ccc(C(=O)O)cn1. The maximum Gasteiger partial charge on any atom is 0.337 e. The lowest BCUT2D eigenvalue weighted by Crippen LogP contribution is -2.33. The number of likely N-dealkylation sites (N-methyl/N-ethyl adjacent to an activating group) is 1. The van der Waals surface area contributed by atoms with E-state index in [1.807, 2.05) is 11.8 Å². The molecular formula is C11H15N3O3. The number of carbonyl (C=O) groups is 2. The summed E-state index contributed by atoms with van der Waals surface area (Å²) in [6.07, 6.45) is 1.30. The molecule has 0 saturated heterocycles. The number of amides is 1. The highest BCUT2D eigenvalue weighted by Gasteiger charge is 2.08. The Hall–Kier alpha value is -1.95. The summed E-state index contributed by atoms with van der Waals surface area (Å²) in [7, 11) is 0. The van der Waals surface area contributed by atoms with Crippen molar-refractivity contribution in [2.24, 2.45) is 5.73 Å². The number of nitrogens with two attached hydrogens (primary N) is 1. The monoisotopic (exact) mass is 237 g/mol. The fraction of sp³-hybridized carbons (Fsp3) is 0.364. The quantitative estimate of drug-likeness (QED) is 0.730. The maximum atomic E-state index is 10.8. The first kappa shape index (κ1) is 13.1. The number of aromatic nitrogens is 1. The Kier molecular flexibility index (Phi) is 4.59. The van der Waals surface area contributed by atoms with Crippen molar-refractivity contribution in [3.05, 3.63) is 29.6 Å². The molecule has 1 aromatic rings. The smallest absolute Gasteiger partial charge is 0.337 e. The molecule has 3 N–H and O–H groups in total. The summed E-state index contributed by atoms with van der Waals surface area (Å²) in [4.78, 5) is 27.3. The Labute approximate surface area is 99.1 Å². The van der Waals surface area contributed by atoms with Crippen LogP contribution in [0.1, 0.15) is 23.0 Å². The van der Waals surface area contributed by atoms with E-state index in [1.165, 1.54) is 12.3 Å². The summed E-state index contributed by atoms with van der Waals surface area (Å²) in [6.45, 7) is 3.22. The zero-order valence-electron chi connectivity index (χ0n) is 9.59. The third-order valence-electron chi connectivity index (χ3n) is 2.28. The molecule has 0 atom stereocenters. The normalized spacial score (nSPS) is 10.5. The average molecular weight is 237 g/mol. The molecule has 92 valence electrons. The summed E-state index contributed by atoms with van der Waals surface area (Å²) >= 11 is 0. The second-order valence-corrected chi connectivity index (χ2v) is 3.61. The van der Waals surface area contributed by atoms with E-state index in [-0.39, 0.29) is 12.1 Å². The van der Waals surface area contributed by atoms with Crippen LogP contribution < -0.4 is 5.73 Å². The molecule has 1 rings (SSSR count). The number of primary amides is 1. The highest BCUT2D eigenvalue weighted by atomic mass is 16.4. The van der Waals surface area contributed by atoms with Crippen LogP contribution in [-0.2, 0) is 11.3 Å². The van der Waals surface area contributed by atoms with Gasteiger partial charge in [-0.1, -0.05) is 6.92 Å². The van der Waals surface area contributed by atoms with E-state index in [4.69, 9.17) is 10.8 Å². The third-order valence-corrected chi connectivity index (χ3v) is 2.28. The van der Waals surface area contributed by atoms with Gasteiger partial charge in [0.25, 0.3) is 0 Å². The van der Waals surface area contributed by atoms with Gasteiger partial charge < -0.3 is 10.8 Å². The molecule has 6 heteroatoms. The topological polar surface area (TPSA) is 96.5 Å². The number of hydrogen-bond acceptors (Lipinski definition) is 4. The lowest BCUT2D eigenvalue weighted by molar-refractivity contribution is -0.119. The molecule has 0 fully saturated rings. The molecule has 0 bridgehead atoms. The van der Waals surface area contributed by atoms with Crippen molar-refractivity contribution in [2.45, 2.75) is 13.5 Å². The second-order valence-electron chi connectivity index (χ2n) is 3.61. The molecule has 6 nitrogen and oxygen atoms in total. The van der Waals surface area contributed by atoms with Crippen LogP contribution in [0.3, 0.4) is 0 Å². The van der Waals surface area contributed by atoms with Crippen LogP contribution in [0.25, 0.3) is 0 Å². The number of pyridine rings is 1. The van der Waals surface area contributed by atoms with Crippen molar-refractivity contribution in [1.82, 2.24) is 9.88 Å². The van der Waals surface area contributed by atoms with E-state index in [0.717, 1.165) is 0 Å². The van der Waals surface area contributed by atoms with Gasteiger partial charge in [-0.3, -0.25) is 14.7 Å². The van der Waals surface area contributed by atoms with E-state index in [9.17, 15) is 9.59 Å². The van der Waals surface area contributed by atoms with Gasteiger partial charge >= 0.3 is 5.97 Å². The minimum Gasteiger partial charge on any atom is -0.478 e. The first-order chi connectivity index (χ1) is 8.02. The molecule has 0 aromatic carbocycles. The third kappa shape index (κ3) is 4.20. The van der Waals surface area contributed by atoms with Crippen LogP contribution in [0.2, 0.25) is 0 Å². The maximum absolute atomic E-state index is 10.8. The van der Waals surface area contributed by atoms with Gasteiger partial charge in [0.05, 0.1) is 17.8 Å². The Balaban J connectivity index is 2.67. The zero-order chi connectivity index (χ0) is 12.8. The fourth-order valence-corrected chi connectivity index (χ4v) is 1.37. The number of carboxylic acids is 1. The molecule has 1 amide bonds. The molecule has 0 unspecified atom stereocenters. The van der Waals surface area contributed by atoms with Crippen molar-refractivity contribution in [2.75, 3.05) is 13.1 Å². The Bertz CT molecular complexity index is 403. The van der Waals surface area contributed by atoms with E-state index >= 15 is 0 Å². The number of nitrogens with zero attached hydrogens (tertiary/aromatic N) is 2. The number of aromatic carboxylic acids is 1. The van der Waals surface area contributed by atoms with Crippen LogP contribution >= 0.6 is 0 Å². The van der Waals surface area contributed by atoms with Crippen LogP contribution in [0.4, 0.5) is 0 Å². The minimum atomic E-state index is -1.01. The molecule has 0 aliphatic carbocycles. The predicted molar refractivity (Wildman–Crippen MR) is 61.3 cm³/mol. The van der Waals surface area contributed by atoms with Crippen LogP contribution in [0.15, 0.2) is 18.3 Å². The Morgan fingerprint density at radius 1 is 1.47 bits per heavy atom. The molecule has 1 heterocycles. The standard InChI is InChI=1S/C11H15N3O3/c1-2-14(7-10(12)15)6-9-4-3-8(5-13-9)11(16)17/h3-5H,2,6-7H2,1H3,(H2,12,15)(H,16,17). The number of hydrogen-bond donors (Lipinski definition) is 2. The van der Waals surface area contributed by atoms with Crippen LogP contribution in [-0.4, -0.2) is 40.0 Å². The predicted octanol–water partition coefficient (Wildman–Crippen LogP) is 0.0870. The van der Waals surface area contributed by atoms with Gasteiger partial charge in [0.15, 0.2) is 0 Å². The van der Waals surface area contributed by atoms with Crippen molar-refractivity contribution in [1.29, 1.82) is 0 Å². The highest BCUT2D eigenvalue weighted by molar-refractivity contribution is 5.87. The van der Waals surface area contributed by atoms with Crippen molar-refractivity contribution in [3.63, 3.8) is 0 Å². The van der Waals surface area contributed by atoms with E-state index in [0.29, 0.717) is 18.8 Å². The van der Waals surface area contributed by atoms with Gasteiger partial charge in [-0.15, -0.1) is 0 Å². The van der Waals surface area contributed by atoms with Crippen molar-refractivity contribution in [3.8, 4) is 0 Å². The Morgan fingerprint density at radius 3 is 2.59 bits per heavy atom.